The van der Waals surface area contributed by atoms with Crippen LogP contribution in [0.2, 0.25) is 0 Å². The molecule has 0 aliphatic heterocycles. The third-order valence-electron chi connectivity index (χ3n) is 4.67. The van der Waals surface area contributed by atoms with Gasteiger partial charge < -0.3 is 15.0 Å². The van der Waals surface area contributed by atoms with Gasteiger partial charge in [-0.05, 0) is 43.4 Å². The van der Waals surface area contributed by atoms with Crippen LogP contribution in [-0.4, -0.2) is 32.6 Å². The summed E-state index contributed by atoms with van der Waals surface area (Å²) in [4.78, 5) is 26.8. The highest BCUT2D eigenvalue weighted by atomic mass is 32.1. The summed E-state index contributed by atoms with van der Waals surface area (Å²) >= 11 is 1.48. The van der Waals surface area contributed by atoms with Crippen LogP contribution in [0.1, 0.15) is 39.2 Å². The minimum atomic E-state index is -0.398. The van der Waals surface area contributed by atoms with Gasteiger partial charge >= 0.3 is 5.97 Å². The maximum Gasteiger partial charge on any atom is 0.341 e. The van der Waals surface area contributed by atoms with Crippen molar-refractivity contribution in [1.29, 1.82) is 0 Å². The van der Waals surface area contributed by atoms with Crippen LogP contribution in [0.3, 0.4) is 0 Å². The molecule has 5 nitrogen and oxygen atoms in total. The lowest BCUT2D eigenvalue weighted by Crippen LogP contribution is -3.08. The molecule has 2 aromatic rings. The second-order valence-electron chi connectivity index (χ2n) is 6.90. The summed E-state index contributed by atoms with van der Waals surface area (Å²) in [6.07, 6.45) is 3.92. The van der Waals surface area contributed by atoms with Crippen molar-refractivity contribution >= 4 is 28.2 Å². The number of hydrogen-bond acceptors (Lipinski definition) is 4. The molecule has 1 unspecified atom stereocenters. The Balaban J connectivity index is 1.68. The van der Waals surface area contributed by atoms with Crippen LogP contribution in [-0.2, 0) is 28.9 Å². The van der Waals surface area contributed by atoms with Crippen LogP contribution >= 0.6 is 11.3 Å². The van der Waals surface area contributed by atoms with Gasteiger partial charge in [-0.2, -0.15) is 0 Å². The maximum atomic E-state index is 13.3. The van der Waals surface area contributed by atoms with Gasteiger partial charge in [0.2, 0.25) is 0 Å². The van der Waals surface area contributed by atoms with E-state index in [1.807, 2.05) is 13.1 Å². The molecule has 0 radical (unpaired) electrons. The summed E-state index contributed by atoms with van der Waals surface area (Å²) in [5.74, 6) is -0.852. The number of halogens is 1. The highest BCUT2D eigenvalue weighted by Crippen LogP contribution is 2.38. The zero-order valence-corrected chi connectivity index (χ0v) is 16.4. The summed E-state index contributed by atoms with van der Waals surface area (Å²) in [5, 5.41) is 3.48. The Morgan fingerprint density at radius 3 is 2.81 bits per heavy atom. The van der Waals surface area contributed by atoms with Gasteiger partial charge in [0, 0.05) is 10.4 Å². The van der Waals surface area contributed by atoms with Crippen molar-refractivity contribution in [2.45, 2.75) is 32.2 Å². The number of carbonyl (C=O) groups is 2. The van der Waals surface area contributed by atoms with Crippen molar-refractivity contribution in [1.82, 2.24) is 0 Å². The quantitative estimate of drug-likeness (QED) is 0.743. The lowest BCUT2D eigenvalue weighted by molar-refractivity contribution is -0.885. The highest BCUT2D eigenvalue weighted by molar-refractivity contribution is 7.17. The molecule has 7 heteroatoms. The summed E-state index contributed by atoms with van der Waals surface area (Å²) in [7, 11) is 3.24. The third kappa shape index (κ3) is 4.73. The first-order chi connectivity index (χ1) is 13.0. The van der Waals surface area contributed by atoms with Crippen LogP contribution in [0, 0.1) is 5.82 Å². The third-order valence-corrected chi connectivity index (χ3v) is 5.88. The zero-order chi connectivity index (χ0) is 19.4. The number of rotatable bonds is 6. The van der Waals surface area contributed by atoms with Crippen molar-refractivity contribution in [2.24, 2.45) is 0 Å². The number of thiophene rings is 1. The topological polar surface area (TPSA) is 59.8 Å². The lowest BCUT2D eigenvalue weighted by Gasteiger charge is -2.14. The van der Waals surface area contributed by atoms with Gasteiger partial charge in [0.1, 0.15) is 17.4 Å². The first kappa shape index (κ1) is 19.5. The maximum absolute atomic E-state index is 13.3. The number of quaternary nitrogens is 1. The van der Waals surface area contributed by atoms with E-state index in [4.69, 9.17) is 4.74 Å². The Hall–Kier alpha value is -2.25. The zero-order valence-electron chi connectivity index (χ0n) is 15.6. The molecule has 0 fully saturated rings. The van der Waals surface area contributed by atoms with E-state index in [1.54, 1.807) is 6.07 Å². The average molecular weight is 391 g/mol. The summed E-state index contributed by atoms with van der Waals surface area (Å²) in [6.45, 7) is 0.760. The number of amides is 1. The first-order valence-electron chi connectivity index (χ1n) is 9.06. The number of hydrogen-bond donors (Lipinski definition) is 2. The molecule has 0 saturated heterocycles. The van der Waals surface area contributed by atoms with Gasteiger partial charge in [0.15, 0.2) is 6.54 Å². The molecule has 27 heavy (non-hydrogen) atoms. The Morgan fingerprint density at radius 2 is 2.07 bits per heavy atom. The van der Waals surface area contributed by atoms with Gasteiger partial charge in [-0.3, -0.25) is 4.79 Å². The highest BCUT2D eigenvalue weighted by Gasteiger charge is 2.27. The standard InChI is InChI=1S/C20H23FN2O3S/c1-23(11-13-6-5-7-14(21)10-13)12-17(24)22-19-18(20(25)26-2)15-8-3-4-9-16(15)27-19/h5-7,10H,3-4,8-9,11-12H2,1-2H3,(H,22,24)/p+1. The number of carbonyl (C=O) groups excluding carboxylic acids is 2. The van der Waals surface area contributed by atoms with Gasteiger partial charge in [-0.1, -0.05) is 12.1 Å². The number of benzene rings is 1. The second kappa shape index (κ2) is 8.63. The molecule has 0 bridgehead atoms. The number of likely N-dealkylation sites (N-methyl/N-ethyl adjacent to an activating group) is 1. The van der Waals surface area contributed by atoms with E-state index < -0.39 is 5.97 Å². The smallest absolute Gasteiger partial charge is 0.341 e. The van der Waals surface area contributed by atoms with Gasteiger partial charge in [0.05, 0.1) is 19.7 Å². The number of esters is 1. The number of methoxy groups -OCH3 is 1. The molecule has 1 atom stereocenters. The SMILES string of the molecule is COC(=O)c1c(NC(=O)C[NH+](C)Cc2cccc(F)c2)sc2c1CCCC2. The molecule has 1 aliphatic rings. The number of fused-ring (bicyclic) bond motifs is 1. The molecular formula is C20H24FN2O3S+. The Labute approximate surface area is 162 Å². The van der Waals surface area contributed by atoms with Crippen molar-refractivity contribution in [3.05, 3.63) is 51.7 Å². The monoisotopic (exact) mass is 391 g/mol. The predicted molar refractivity (Wildman–Crippen MR) is 103 cm³/mol. The molecule has 3 rings (SSSR count). The minimum Gasteiger partial charge on any atom is -0.465 e. The first-order valence-corrected chi connectivity index (χ1v) is 9.88. The van der Waals surface area contributed by atoms with Crippen LogP contribution in [0.15, 0.2) is 24.3 Å². The van der Waals surface area contributed by atoms with E-state index in [0.717, 1.165) is 46.6 Å². The van der Waals surface area contributed by atoms with Crippen molar-refractivity contribution < 1.29 is 23.6 Å². The molecule has 144 valence electrons. The van der Waals surface area contributed by atoms with Gasteiger partial charge in [0.25, 0.3) is 5.91 Å². The summed E-state index contributed by atoms with van der Waals surface area (Å²) in [6, 6.07) is 6.38. The molecule has 2 N–H and O–H groups in total. The average Bonchev–Trinajstić information content (AvgIpc) is 2.98. The Kier molecular flexibility index (Phi) is 6.23. The number of aryl methyl sites for hydroxylation is 1. The molecule has 1 aliphatic carbocycles. The minimum absolute atomic E-state index is 0.173. The predicted octanol–water partition coefficient (Wildman–Crippen LogP) is 2.21. The van der Waals surface area contributed by atoms with Crippen LogP contribution in [0.4, 0.5) is 9.39 Å². The lowest BCUT2D eigenvalue weighted by atomic mass is 9.95. The molecule has 1 aromatic carbocycles. The largest absolute Gasteiger partial charge is 0.465 e. The fourth-order valence-corrected chi connectivity index (χ4v) is 4.77. The van der Waals surface area contributed by atoms with E-state index in [0.29, 0.717) is 17.1 Å². The molecule has 1 amide bonds. The van der Waals surface area contributed by atoms with Crippen molar-refractivity contribution in [3.8, 4) is 0 Å². The van der Waals surface area contributed by atoms with Gasteiger partial charge in [-0.15, -0.1) is 11.3 Å². The summed E-state index contributed by atoms with van der Waals surface area (Å²) in [5.41, 5.74) is 2.37. The molecule has 0 spiro atoms. The van der Waals surface area contributed by atoms with Gasteiger partial charge in [-0.25, -0.2) is 9.18 Å². The van der Waals surface area contributed by atoms with Crippen molar-refractivity contribution in [2.75, 3.05) is 26.0 Å². The van der Waals surface area contributed by atoms with Crippen LogP contribution < -0.4 is 10.2 Å². The summed E-state index contributed by atoms with van der Waals surface area (Å²) < 4.78 is 18.2. The van der Waals surface area contributed by atoms with Crippen LogP contribution in [0.25, 0.3) is 0 Å². The Bertz CT molecular complexity index is 850. The molecule has 1 heterocycles. The van der Waals surface area contributed by atoms with E-state index in [2.05, 4.69) is 5.32 Å². The molecule has 1 aromatic heterocycles. The Morgan fingerprint density at radius 1 is 1.30 bits per heavy atom. The van der Waals surface area contributed by atoms with E-state index >= 15 is 0 Å². The van der Waals surface area contributed by atoms with E-state index in [-0.39, 0.29) is 18.3 Å². The fourth-order valence-electron chi connectivity index (χ4n) is 3.47. The molecule has 0 saturated carbocycles. The van der Waals surface area contributed by atoms with E-state index in [1.165, 1.54) is 30.6 Å². The van der Waals surface area contributed by atoms with E-state index in [9.17, 15) is 14.0 Å². The number of nitrogens with one attached hydrogen (secondary N) is 2. The second-order valence-corrected chi connectivity index (χ2v) is 8.00. The fraction of sp³-hybridized carbons (Fsp3) is 0.400. The van der Waals surface area contributed by atoms with Crippen LogP contribution in [0.5, 0.6) is 0 Å². The van der Waals surface area contributed by atoms with Crippen molar-refractivity contribution in [3.63, 3.8) is 0 Å². The normalized spacial score (nSPS) is 14.3. The number of ether oxygens (including phenoxy) is 1. The number of anilines is 1. The molecular weight excluding hydrogens is 367 g/mol.